The molecule has 4 unspecified atom stereocenters. The molecule has 0 aliphatic carbocycles. The van der Waals surface area contributed by atoms with Gasteiger partial charge in [-0.05, 0) is 55.1 Å². The molecule has 10 atom stereocenters. The van der Waals surface area contributed by atoms with Crippen LogP contribution in [0.4, 0.5) is 0 Å². The highest BCUT2D eigenvalue weighted by molar-refractivity contribution is 7.99. The molecule has 2 saturated heterocycles. The quantitative estimate of drug-likeness (QED) is 0.493. The number of rotatable bonds is 6. The van der Waals surface area contributed by atoms with Gasteiger partial charge >= 0.3 is 0 Å². The van der Waals surface area contributed by atoms with E-state index in [1.54, 1.807) is 0 Å². The zero-order chi connectivity index (χ0) is 22.0. The predicted octanol–water partition coefficient (Wildman–Crippen LogP) is 6.78. The molecule has 1 aromatic rings. The summed E-state index contributed by atoms with van der Waals surface area (Å²) in [6, 6.07) is 8.76. The molecule has 1 aromatic carbocycles. The molecular weight excluding hydrogens is 392 g/mol. The molecule has 3 nitrogen and oxygen atoms in total. The lowest BCUT2D eigenvalue weighted by atomic mass is 9.78. The van der Waals surface area contributed by atoms with Crippen molar-refractivity contribution in [3.05, 3.63) is 29.8 Å². The molecular formula is C26H42O3S. The van der Waals surface area contributed by atoms with Crippen LogP contribution in [-0.2, 0) is 14.2 Å². The molecule has 4 heteroatoms. The third-order valence-corrected chi connectivity index (χ3v) is 9.38. The van der Waals surface area contributed by atoms with Crippen LogP contribution in [0.3, 0.4) is 0 Å². The van der Waals surface area contributed by atoms with E-state index >= 15 is 0 Å². The largest absolute Gasteiger partial charge is 0.361 e. The third-order valence-electron chi connectivity index (χ3n) is 8.07. The molecule has 0 aromatic heterocycles. The van der Waals surface area contributed by atoms with E-state index in [2.05, 4.69) is 79.7 Å². The number of hydrogen-bond acceptors (Lipinski definition) is 4. The van der Waals surface area contributed by atoms with Crippen molar-refractivity contribution >= 4 is 11.8 Å². The van der Waals surface area contributed by atoms with Gasteiger partial charge in [-0.1, -0.05) is 77.9 Å². The fourth-order valence-corrected chi connectivity index (χ4v) is 6.12. The van der Waals surface area contributed by atoms with Gasteiger partial charge in [-0.2, -0.15) is 0 Å². The lowest BCUT2D eigenvalue weighted by molar-refractivity contribution is -0.263. The van der Waals surface area contributed by atoms with Gasteiger partial charge in [-0.15, -0.1) is 0 Å². The van der Waals surface area contributed by atoms with Crippen LogP contribution in [0.1, 0.15) is 60.5 Å². The van der Waals surface area contributed by atoms with Crippen molar-refractivity contribution in [1.29, 1.82) is 0 Å². The van der Waals surface area contributed by atoms with Crippen molar-refractivity contribution in [2.75, 3.05) is 6.61 Å². The summed E-state index contributed by atoms with van der Waals surface area (Å²) in [7, 11) is 0. The van der Waals surface area contributed by atoms with E-state index in [0.29, 0.717) is 42.1 Å². The maximum absolute atomic E-state index is 6.63. The molecule has 170 valence electrons. The standard InChI is InChI=1S/C26H42O3S/c1-9-23-18(5)16(3)20(7)25(28-23)27-14-24-19(6)17(4)21(8)26(29-24)30-22-12-10-15(2)11-13-22/h10-13,16-21,23-26H,9,14H2,1-8H3/t16-,17-,18-,19-,20?,21?,23?,24?,25+,26-/m0/s1. The van der Waals surface area contributed by atoms with Crippen LogP contribution in [0.5, 0.6) is 0 Å². The topological polar surface area (TPSA) is 27.7 Å². The lowest BCUT2D eigenvalue weighted by Crippen LogP contribution is -2.49. The SMILES string of the molecule is CCC1O[C@@H](OCC2O[C@@H](Sc3ccc(C)cc3)C(C)[C@@H](C)[C@@H]2C)C(C)[C@@H](C)[C@@H]1C. The monoisotopic (exact) mass is 434 g/mol. The summed E-state index contributed by atoms with van der Waals surface area (Å²) in [5.74, 6) is 3.12. The molecule has 30 heavy (non-hydrogen) atoms. The predicted molar refractivity (Wildman–Crippen MR) is 126 cm³/mol. The molecule has 0 bridgehead atoms. The minimum absolute atomic E-state index is 0.102. The average molecular weight is 435 g/mol. The van der Waals surface area contributed by atoms with Gasteiger partial charge in [0, 0.05) is 10.8 Å². The highest BCUT2D eigenvalue weighted by atomic mass is 32.2. The van der Waals surface area contributed by atoms with Gasteiger partial charge in [0.25, 0.3) is 0 Å². The van der Waals surface area contributed by atoms with Crippen molar-refractivity contribution in [2.24, 2.45) is 35.5 Å². The first-order chi connectivity index (χ1) is 14.2. The first-order valence-corrected chi connectivity index (χ1v) is 12.8. The van der Waals surface area contributed by atoms with E-state index in [1.807, 2.05) is 11.8 Å². The normalized spacial score (nSPS) is 42.3. The maximum Gasteiger partial charge on any atom is 0.160 e. The summed E-state index contributed by atoms with van der Waals surface area (Å²) in [5.41, 5.74) is 1.44. The van der Waals surface area contributed by atoms with Gasteiger partial charge < -0.3 is 14.2 Å². The summed E-state index contributed by atoms with van der Waals surface area (Å²) in [6.07, 6.45) is 1.30. The van der Waals surface area contributed by atoms with Crippen molar-refractivity contribution in [2.45, 2.75) is 90.6 Å². The first-order valence-electron chi connectivity index (χ1n) is 11.9. The molecule has 3 rings (SSSR count). The molecule has 0 N–H and O–H groups in total. The minimum atomic E-state index is -0.130. The molecule has 0 spiro atoms. The molecule has 2 aliphatic rings. The highest BCUT2D eigenvalue weighted by Gasteiger charge is 2.42. The maximum atomic E-state index is 6.63. The van der Waals surface area contributed by atoms with E-state index < -0.39 is 0 Å². The van der Waals surface area contributed by atoms with Gasteiger partial charge in [-0.3, -0.25) is 0 Å². The summed E-state index contributed by atoms with van der Waals surface area (Å²) in [4.78, 5) is 1.27. The second kappa shape index (κ2) is 10.4. The number of benzene rings is 1. The molecule has 0 radical (unpaired) electrons. The number of aryl methyl sites for hydroxylation is 1. The average Bonchev–Trinajstić information content (AvgIpc) is 2.74. The van der Waals surface area contributed by atoms with Gasteiger partial charge in [0.1, 0.15) is 5.44 Å². The van der Waals surface area contributed by atoms with Gasteiger partial charge in [-0.25, -0.2) is 0 Å². The Morgan fingerprint density at radius 2 is 1.37 bits per heavy atom. The van der Waals surface area contributed by atoms with Crippen LogP contribution in [-0.4, -0.2) is 30.5 Å². The van der Waals surface area contributed by atoms with Crippen molar-refractivity contribution < 1.29 is 14.2 Å². The van der Waals surface area contributed by atoms with E-state index in [4.69, 9.17) is 14.2 Å². The fourth-order valence-electron chi connectivity index (χ4n) is 4.90. The lowest BCUT2D eigenvalue weighted by Gasteiger charge is -2.46. The first kappa shape index (κ1) is 24.1. The van der Waals surface area contributed by atoms with Gasteiger partial charge in [0.05, 0.1) is 18.8 Å². The molecule has 0 amide bonds. The van der Waals surface area contributed by atoms with E-state index in [0.717, 1.165) is 6.42 Å². The molecule has 2 aliphatic heterocycles. The Morgan fingerprint density at radius 1 is 0.767 bits per heavy atom. The van der Waals surface area contributed by atoms with Crippen LogP contribution < -0.4 is 0 Å². The third kappa shape index (κ3) is 5.26. The summed E-state index contributed by atoms with van der Waals surface area (Å²) >= 11 is 1.85. The summed E-state index contributed by atoms with van der Waals surface area (Å²) < 4.78 is 19.4. The van der Waals surface area contributed by atoms with Crippen LogP contribution in [0, 0.1) is 42.4 Å². The Balaban J connectivity index is 1.63. The summed E-state index contributed by atoms with van der Waals surface area (Å²) in [5, 5.41) is 0. The van der Waals surface area contributed by atoms with Crippen LogP contribution >= 0.6 is 11.8 Å². The Kier molecular flexibility index (Phi) is 8.34. The molecule has 0 saturated carbocycles. The van der Waals surface area contributed by atoms with E-state index in [9.17, 15) is 0 Å². The van der Waals surface area contributed by atoms with Gasteiger partial charge in [0.2, 0.25) is 0 Å². The number of thioether (sulfide) groups is 1. The highest BCUT2D eigenvalue weighted by Crippen LogP contribution is 2.43. The smallest absolute Gasteiger partial charge is 0.160 e. The zero-order valence-electron chi connectivity index (χ0n) is 20.1. The van der Waals surface area contributed by atoms with E-state index in [1.165, 1.54) is 10.5 Å². The van der Waals surface area contributed by atoms with E-state index in [-0.39, 0.29) is 23.9 Å². The Labute approximate surface area is 188 Å². The van der Waals surface area contributed by atoms with Gasteiger partial charge in [0.15, 0.2) is 6.29 Å². The number of ether oxygens (including phenoxy) is 3. The molecule has 2 fully saturated rings. The Hall–Kier alpha value is -0.550. The second-order valence-electron chi connectivity index (χ2n) is 9.91. The fraction of sp³-hybridized carbons (Fsp3) is 0.769. The Morgan fingerprint density at radius 3 is 2.00 bits per heavy atom. The number of hydrogen-bond donors (Lipinski definition) is 0. The van der Waals surface area contributed by atoms with Crippen molar-refractivity contribution in [3.63, 3.8) is 0 Å². The zero-order valence-corrected chi connectivity index (χ0v) is 20.9. The summed E-state index contributed by atoms with van der Waals surface area (Å²) in [6.45, 7) is 18.9. The Bertz CT molecular complexity index is 661. The van der Waals surface area contributed by atoms with Crippen LogP contribution in [0.15, 0.2) is 29.2 Å². The molecule has 2 heterocycles. The second-order valence-corrected chi connectivity index (χ2v) is 11.1. The van der Waals surface area contributed by atoms with Crippen LogP contribution in [0.2, 0.25) is 0 Å². The minimum Gasteiger partial charge on any atom is -0.361 e. The van der Waals surface area contributed by atoms with Crippen LogP contribution in [0.25, 0.3) is 0 Å². The van der Waals surface area contributed by atoms with Crippen molar-refractivity contribution in [3.8, 4) is 0 Å². The van der Waals surface area contributed by atoms with Crippen molar-refractivity contribution in [1.82, 2.24) is 0 Å².